The van der Waals surface area contributed by atoms with E-state index in [-0.39, 0.29) is 12.3 Å². The van der Waals surface area contributed by atoms with Crippen molar-refractivity contribution in [2.75, 3.05) is 20.3 Å². The maximum absolute atomic E-state index is 11.5. The molecule has 0 bridgehead atoms. The van der Waals surface area contributed by atoms with Crippen LogP contribution in [0, 0.1) is 0 Å². The van der Waals surface area contributed by atoms with Gasteiger partial charge in [-0.1, -0.05) is 35.5 Å². The first-order valence-corrected chi connectivity index (χ1v) is 4.73. The minimum absolute atomic E-state index is 0.114. The molecule has 0 spiro atoms. The highest BCUT2D eigenvalue weighted by atomic mass is 16.6. The summed E-state index contributed by atoms with van der Waals surface area (Å²) in [7, 11) is 1.51. The number of methoxy groups -OCH3 is 1. The van der Waals surface area contributed by atoms with Crippen molar-refractivity contribution in [3.05, 3.63) is 35.9 Å². The summed E-state index contributed by atoms with van der Waals surface area (Å²) in [5, 5.41) is 11.7. The van der Waals surface area contributed by atoms with E-state index in [9.17, 15) is 4.79 Å². The molecule has 0 atom stereocenters. The Hall–Kier alpha value is -1.88. The van der Waals surface area contributed by atoms with Crippen molar-refractivity contribution in [1.29, 1.82) is 0 Å². The number of nitrogens with zero attached hydrogens (tertiary/aromatic N) is 1. The van der Waals surface area contributed by atoms with Gasteiger partial charge in [0.15, 0.2) is 5.71 Å². The Kier molecular flexibility index (Phi) is 5.01. The summed E-state index contributed by atoms with van der Waals surface area (Å²) in [4.78, 5) is 11.5. The lowest BCUT2D eigenvalue weighted by atomic mass is 10.1. The van der Waals surface area contributed by atoms with E-state index in [4.69, 9.17) is 14.7 Å². The Morgan fingerprint density at radius 3 is 2.56 bits per heavy atom. The molecule has 1 N–H and O–H groups in total. The van der Waals surface area contributed by atoms with Crippen LogP contribution in [-0.2, 0) is 14.3 Å². The van der Waals surface area contributed by atoms with E-state index >= 15 is 0 Å². The summed E-state index contributed by atoms with van der Waals surface area (Å²) in [6.07, 6.45) is 0. The van der Waals surface area contributed by atoms with E-state index < -0.39 is 5.97 Å². The topological polar surface area (TPSA) is 68.1 Å². The van der Waals surface area contributed by atoms with Crippen molar-refractivity contribution in [3.8, 4) is 0 Å². The molecule has 5 heteroatoms. The Morgan fingerprint density at radius 2 is 2.00 bits per heavy atom. The number of rotatable bonds is 5. The van der Waals surface area contributed by atoms with E-state index in [1.807, 2.05) is 0 Å². The van der Waals surface area contributed by atoms with E-state index in [0.717, 1.165) is 0 Å². The average Bonchev–Trinajstić information content (AvgIpc) is 2.32. The molecule has 0 unspecified atom stereocenters. The first kappa shape index (κ1) is 12.2. The van der Waals surface area contributed by atoms with Gasteiger partial charge >= 0.3 is 5.97 Å². The number of benzene rings is 1. The summed E-state index contributed by atoms with van der Waals surface area (Å²) in [6.45, 7) is 0.431. The molecule has 1 rings (SSSR count). The van der Waals surface area contributed by atoms with Crippen LogP contribution in [0.25, 0.3) is 0 Å². The van der Waals surface area contributed by atoms with Gasteiger partial charge in [0.1, 0.15) is 6.61 Å². The molecule has 0 amide bonds. The van der Waals surface area contributed by atoms with Crippen molar-refractivity contribution in [2.45, 2.75) is 0 Å². The van der Waals surface area contributed by atoms with Crippen LogP contribution < -0.4 is 0 Å². The number of hydrogen-bond donors (Lipinski definition) is 1. The fourth-order valence-corrected chi connectivity index (χ4v) is 1.10. The van der Waals surface area contributed by atoms with Crippen molar-refractivity contribution in [1.82, 2.24) is 0 Å². The van der Waals surface area contributed by atoms with Gasteiger partial charge in [0, 0.05) is 12.7 Å². The normalized spacial score (nSPS) is 11.2. The Bertz CT molecular complexity index is 362. The van der Waals surface area contributed by atoms with E-state index in [2.05, 4.69) is 5.16 Å². The molecule has 0 fully saturated rings. The quantitative estimate of drug-likeness (QED) is 0.266. The minimum atomic E-state index is -0.675. The Morgan fingerprint density at radius 1 is 1.31 bits per heavy atom. The van der Waals surface area contributed by atoms with Crippen LogP contribution in [0.4, 0.5) is 0 Å². The molecule has 0 aliphatic heterocycles. The van der Waals surface area contributed by atoms with Gasteiger partial charge in [0.25, 0.3) is 0 Å². The molecule has 0 saturated heterocycles. The van der Waals surface area contributed by atoms with Gasteiger partial charge in [0.2, 0.25) is 0 Å². The molecule has 0 aromatic heterocycles. The second-order valence-electron chi connectivity index (χ2n) is 2.94. The number of esters is 1. The van der Waals surface area contributed by atoms with Crippen LogP contribution in [0.1, 0.15) is 5.56 Å². The van der Waals surface area contributed by atoms with Crippen molar-refractivity contribution in [2.24, 2.45) is 5.16 Å². The Balaban J connectivity index is 2.66. The highest BCUT2D eigenvalue weighted by Gasteiger charge is 2.15. The van der Waals surface area contributed by atoms with E-state index in [0.29, 0.717) is 12.2 Å². The summed E-state index contributed by atoms with van der Waals surface area (Å²) in [6, 6.07) is 8.60. The zero-order chi connectivity index (χ0) is 11.8. The first-order valence-electron chi connectivity index (χ1n) is 4.73. The second-order valence-corrected chi connectivity index (χ2v) is 2.94. The number of hydrogen-bond acceptors (Lipinski definition) is 5. The number of oxime groups is 1. The van der Waals surface area contributed by atoms with Gasteiger partial charge < -0.3 is 14.7 Å². The minimum Gasteiger partial charge on any atom is -0.458 e. The maximum Gasteiger partial charge on any atom is 0.361 e. The SMILES string of the molecule is COCCOC(=O)/C(=N/O)c1ccccc1. The molecule has 1 aromatic rings. The number of carbonyl (C=O) groups is 1. The zero-order valence-corrected chi connectivity index (χ0v) is 8.92. The van der Waals surface area contributed by atoms with Gasteiger partial charge in [-0.25, -0.2) is 4.79 Å². The third-order valence-corrected chi connectivity index (χ3v) is 1.86. The lowest BCUT2D eigenvalue weighted by Gasteiger charge is -2.05. The molecule has 0 heterocycles. The van der Waals surface area contributed by atoms with Gasteiger partial charge in [-0.2, -0.15) is 0 Å². The van der Waals surface area contributed by atoms with E-state index in [1.54, 1.807) is 30.3 Å². The molecular formula is C11H13NO4. The second kappa shape index (κ2) is 6.58. The molecule has 0 aliphatic rings. The number of carbonyl (C=O) groups excluding carboxylic acids is 1. The van der Waals surface area contributed by atoms with E-state index in [1.165, 1.54) is 7.11 Å². The molecule has 0 saturated carbocycles. The third-order valence-electron chi connectivity index (χ3n) is 1.86. The Labute approximate surface area is 93.3 Å². The molecule has 0 aliphatic carbocycles. The third kappa shape index (κ3) is 3.36. The summed E-state index contributed by atoms with van der Waals surface area (Å²) in [5.41, 5.74) is 0.393. The number of ether oxygens (including phenoxy) is 2. The van der Waals surface area contributed by atoms with Crippen molar-refractivity contribution >= 4 is 11.7 Å². The lowest BCUT2D eigenvalue weighted by molar-refractivity contribution is -0.136. The predicted molar refractivity (Wildman–Crippen MR) is 57.6 cm³/mol. The summed E-state index contributed by atoms with van der Waals surface area (Å²) < 4.78 is 9.57. The van der Waals surface area contributed by atoms with Crippen LogP contribution >= 0.6 is 0 Å². The molecule has 16 heavy (non-hydrogen) atoms. The van der Waals surface area contributed by atoms with Crippen LogP contribution in [0.15, 0.2) is 35.5 Å². The molecular weight excluding hydrogens is 210 g/mol. The van der Waals surface area contributed by atoms with Gasteiger partial charge in [0.05, 0.1) is 6.61 Å². The standard InChI is InChI=1S/C11H13NO4/c1-15-7-8-16-11(13)10(12-14)9-5-3-2-4-6-9/h2-6,14H,7-8H2,1H3/b12-10+. The fourth-order valence-electron chi connectivity index (χ4n) is 1.10. The van der Waals surface area contributed by atoms with Crippen LogP contribution in [0.3, 0.4) is 0 Å². The smallest absolute Gasteiger partial charge is 0.361 e. The van der Waals surface area contributed by atoms with Gasteiger partial charge in [-0.15, -0.1) is 0 Å². The highest BCUT2D eigenvalue weighted by molar-refractivity contribution is 6.43. The average molecular weight is 223 g/mol. The summed E-state index contributed by atoms with van der Waals surface area (Å²) >= 11 is 0. The van der Waals surface area contributed by atoms with Crippen molar-refractivity contribution < 1.29 is 19.5 Å². The maximum atomic E-state index is 11.5. The molecule has 5 nitrogen and oxygen atoms in total. The molecule has 0 radical (unpaired) electrons. The monoisotopic (exact) mass is 223 g/mol. The first-order chi connectivity index (χ1) is 7.79. The van der Waals surface area contributed by atoms with Gasteiger partial charge in [-0.05, 0) is 0 Å². The molecule has 86 valence electrons. The fraction of sp³-hybridized carbons (Fsp3) is 0.273. The molecule has 1 aromatic carbocycles. The highest BCUT2D eigenvalue weighted by Crippen LogP contribution is 2.02. The van der Waals surface area contributed by atoms with Crippen LogP contribution in [-0.4, -0.2) is 37.2 Å². The summed E-state index contributed by atoms with van der Waals surface area (Å²) in [5.74, 6) is -0.675. The lowest BCUT2D eigenvalue weighted by Crippen LogP contribution is -2.20. The van der Waals surface area contributed by atoms with Gasteiger partial charge in [-0.3, -0.25) is 0 Å². The largest absolute Gasteiger partial charge is 0.458 e. The van der Waals surface area contributed by atoms with Crippen LogP contribution in [0.5, 0.6) is 0 Å². The zero-order valence-electron chi connectivity index (χ0n) is 8.92. The van der Waals surface area contributed by atoms with Crippen molar-refractivity contribution in [3.63, 3.8) is 0 Å². The predicted octanol–water partition coefficient (Wildman–Crippen LogP) is 1.05. The van der Waals surface area contributed by atoms with Crippen LogP contribution in [0.2, 0.25) is 0 Å².